The molecule has 31 heavy (non-hydrogen) atoms. The first-order valence-corrected chi connectivity index (χ1v) is 11.7. The van der Waals surface area contributed by atoms with E-state index in [2.05, 4.69) is 20.5 Å². The number of hydrogen-bond donors (Lipinski definition) is 1. The molecule has 4 rings (SSSR count). The van der Waals surface area contributed by atoms with E-state index in [0.717, 1.165) is 24.3 Å². The summed E-state index contributed by atoms with van der Waals surface area (Å²) in [6.07, 6.45) is 4.84. The number of rotatable bonds is 7. The van der Waals surface area contributed by atoms with Gasteiger partial charge in [-0.1, -0.05) is 11.8 Å². The van der Waals surface area contributed by atoms with E-state index in [1.165, 1.54) is 23.1 Å². The Hall–Kier alpha value is -2.92. The number of carbonyl (C=O) groups excluding carboxylic acids is 2. The fourth-order valence-electron chi connectivity index (χ4n) is 3.37. The predicted octanol–water partition coefficient (Wildman–Crippen LogP) is 2.70. The van der Waals surface area contributed by atoms with Gasteiger partial charge in [-0.3, -0.25) is 14.2 Å². The quantitative estimate of drug-likeness (QED) is 0.543. The smallest absolute Gasteiger partial charge is 0.233 e. The molecule has 0 aliphatic carbocycles. The Morgan fingerprint density at radius 2 is 2.16 bits per heavy atom. The summed E-state index contributed by atoms with van der Waals surface area (Å²) in [5.41, 5.74) is 0.887. The molecule has 162 valence electrons. The van der Waals surface area contributed by atoms with Crippen molar-refractivity contribution in [2.75, 3.05) is 31.3 Å². The van der Waals surface area contributed by atoms with Crippen LogP contribution in [0.4, 0.5) is 5.13 Å². The summed E-state index contributed by atoms with van der Waals surface area (Å²) < 4.78 is 7.02. The van der Waals surface area contributed by atoms with Crippen LogP contribution in [0.15, 0.2) is 47.3 Å². The van der Waals surface area contributed by atoms with Gasteiger partial charge in [0.2, 0.25) is 11.8 Å². The number of piperidine rings is 1. The van der Waals surface area contributed by atoms with Crippen LogP contribution in [0, 0.1) is 5.92 Å². The van der Waals surface area contributed by atoms with Crippen LogP contribution in [0.25, 0.3) is 5.69 Å². The number of benzene rings is 1. The molecular formula is C20H22N6O3S2. The van der Waals surface area contributed by atoms with E-state index in [0.29, 0.717) is 23.4 Å². The molecule has 1 atom stereocenters. The lowest BCUT2D eigenvalue weighted by Gasteiger charge is -2.31. The van der Waals surface area contributed by atoms with E-state index in [1.54, 1.807) is 24.5 Å². The van der Waals surface area contributed by atoms with Crippen molar-refractivity contribution in [3.05, 3.63) is 42.2 Å². The summed E-state index contributed by atoms with van der Waals surface area (Å²) in [7, 11) is 1.62. The number of thioether (sulfide) groups is 1. The average molecular weight is 459 g/mol. The number of nitrogens with zero attached hydrogens (tertiary/aromatic N) is 5. The topological polar surface area (TPSA) is 102 Å². The van der Waals surface area contributed by atoms with Crippen molar-refractivity contribution < 1.29 is 14.3 Å². The van der Waals surface area contributed by atoms with Crippen LogP contribution in [0.3, 0.4) is 0 Å². The number of likely N-dealkylation sites (tertiary alicyclic amines) is 1. The third kappa shape index (κ3) is 5.23. The molecule has 1 aliphatic rings. The van der Waals surface area contributed by atoms with Gasteiger partial charge in [0.15, 0.2) is 10.3 Å². The molecule has 0 saturated carbocycles. The van der Waals surface area contributed by atoms with E-state index >= 15 is 0 Å². The molecule has 3 aromatic rings. The number of ether oxygens (including phenoxy) is 1. The van der Waals surface area contributed by atoms with Crippen molar-refractivity contribution in [2.24, 2.45) is 5.92 Å². The van der Waals surface area contributed by atoms with Crippen LogP contribution in [0.1, 0.15) is 12.8 Å². The molecule has 11 heteroatoms. The van der Waals surface area contributed by atoms with Crippen LogP contribution in [0.2, 0.25) is 0 Å². The Balaban J connectivity index is 1.33. The largest absolute Gasteiger partial charge is 0.497 e. The number of thiazole rings is 1. The summed E-state index contributed by atoms with van der Waals surface area (Å²) >= 11 is 2.71. The molecule has 0 spiro atoms. The van der Waals surface area contributed by atoms with Crippen molar-refractivity contribution in [1.82, 2.24) is 24.6 Å². The fourth-order valence-corrected chi connectivity index (χ4v) is 4.73. The highest BCUT2D eigenvalue weighted by Crippen LogP contribution is 2.24. The van der Waals surface area contributed by atoms with Crippen molar-refractivity contribution in [3.63, 3.8) is 0 Å². The van der Waals surface area contributed by atoms with Crippen LogP contribution in [-0.4, -0.2) is 62.4 Å². The molecule has 3 heterocycles. The predicted molar refractivity (Wildman–Crippen MR) is 119 cm³/mol. The van der Waals surface area contributed by atoms with E-state index in [1.807, 2.05) is 34.2 Å². The molecular weight excluding hydrogens is 436 g/mol. The average Bonchev–Trinajstić information content (AvgIpc) is 3.49. The van der Waals surface area contributed by atoms with Crippen LogP contribution in [0.5, 0.6) is 5.75 Å². The standard InChI is InChI=1S/C20H22N6O3S2/c1-29-16-6-4-15(5-7-16)26-13-22-24-20(26)31-12-17(27)25-9-2-3-14(11-25)18(28)23-19-21-8-10-30-19/h4-8,10,13-14H,2-3,9,11-12H2,1H3,(H,21,23,28). The highest BCUT2D eigenvalue weighted by molar-refractivity contribution is 7.99. The van der Waals surface area contributed by atoms with Gasteiger partial charge in [0.1, 0.15) is 12.1 Å². The lowest BCUT2D eigenvalue weighted by Crippen LogP contribution is -2.44. The minimum Gasteiger partial charge on any atom is -0.497 e. The second-order valence-corrected chi connectivity index (χ2v) is 8.81. The zero-order valence-corrected chi connectivity index (χ0v) is 18.6. The fraction of sp³-hybridized carbons (Fsp3) is 0.350. The van der Waals surface area contributed by atoms with Crippen molar-refractivity contribution >= 4 is 40.0 Å². The number of methoxy groups -OCH3 is 1. The van der Waals surface area contributed by atoms with Gasteiger partial charge in [0, 0.05) is 30.4 Å². The number of carbonyl (C=O) groups is 2. The van der Waals surface area contributed by atoms with Gasteiger partial charge in [-0.05, 0) is 37.1 Å². The number of aromatic nitrogens is 4. The molecule has 0 radical (unpaired) electrons. The summed E-state index contributed by atoms with van der Waals surface area (Å²) in [5, 5.41) is 14.0. The van der Waals surface area contributed by atoms with Gasteiger partial charge in [-0.2, -0.15) is 0 Å². The Morgan fingerprint density at radius 1 is 1.32 bits per heavy atom. The number of anilines is 1. The van der Waals surface area contributed by atoms with Gasteiger partial charge in [-0.25, -0.2) is 4.98 Å². The molecule has 1 unspecified atom stereocenters. The summed E-state index contributed by atoms with van der Waals surface area (Å²) in [4.78, 5) is 31.2. The molecule has 0 bridgehead atoms. The minimum absolute atomic E-state index is 0.0129. The molecule has 1 aliphatic heterocycles. The molecule has 1 fully saturated rings. The Labute approximate surface area is 187 Å². The number of hydrogen-bond acceptors (Lipinski definition) is 8. The number of amides is 2. The highest BCUT2D eigenvalue weighted by atomic mass is 32.2. The van der Waals surface area contributed by atoms with Gasteiger partial charge < -0.3 is 15.0 Å². The maximum absolute atomic E-state index is 12.8. The van der Waals surface area contributed by atoms with Crippen molar-refractivity contribution in [3.8, 4) is 11.4 Å². The second kappa shape index (κ2) is 9.92. The molecule has 9 nitrogen and oxygen atoms in total. The highest BCUT2D eigenvalue weighted by Gasteiger charge is 2.29. The van der Waals surface area contributed by atoms with Gasteiger partial charge in [-0.15, -0.1) is 21.5 Å². The Morgan fingerprint density at radius 3 is 2.90 bits per heavy atom. The van der Waals surface area contributed by atoms with E-state index < -0.39 is 0 Å². The normalized spacial score (nSPS) is 16.2. The number of nitrogens with one attached hydrogen (secondary N) is 1. The summed E-state index contributed by atoms with van der Waals surface area (Å²) in [6, 6.07) is 7.54. The van der Waals surface area contributed by atoms with Crippen molar-refractivity contribution in [1.29, 1.82) is 0 Å². The Kier molecular flexibility index (Phi) is 6.82. The van der Waals surface area contributed by atoms with Crippen LogP contribution in [-0.2, 0) is 9.59 Å². The first kappa shape index (κ1) is 21.3. The molecule has 2 amide bonds. The van der Waals surface area contributed by atoms with Crippen LogP contribution < -0.4 is 10.1 Å². The third-order valence-electron chi connectivity index (χ3n) is 5.00. The third-order valence-corrected chi connectivity index (χ3v) is 6.62. The Bertz CT molecular complexity index is 1020. The first-order valence-electron chi connectivity index (χ1n) is 9.79. The zero-order chi connectivity index (χ0) is 21.6. The maximum Gasteiger partial charge on any atom is 0.233 e. The van der Waals surface area contributed by atoms with E-state index in [4.69, 9.17) is 4.74 Å². The molecule has 1 N–H and O–H groups in total. The minimum atomic E-state index is -0.227. The summed E-state index contributed by atoms with van der Waals surface area (Å²) in [5.74, 6) is 0.671. The van der Waals surface area contributed by atoms with Crippen LogP contribution >= 0.6 is 23.1 Å². The SMILES string of the molecule is COc1ccc(-n2cnnc2SCC(=O)N2CCCC(C(=O)Nc3nccs3)C2)cc1. The van der Waals surface area contributed by atoms with E-state index in [9.17, 15) is 9.59 Å². The lowest BCUT2D eigenvalue weighted by molar-refractivity contribution is -0.132. The first-order chi connectivity index (χ1) is 15.1. The molecule has 2 aromatic heterocycles. The van der Waals surface area contributed by atoms with E-state index in [-0.39, 0.29) is 23.5 Å². The monoisotopic (exact) mass is 458 g/mol. The van der Waals surface area contributed by atoms with Gasteiger partial charge >= 0.3 is 0 Å². The second-order valence-electron chi connectivity index (χ2n) is 6.98. The summed E-state index contributed by atoms with van der Waals surface area (Å²) in [6.45, 7) is 1.08. The lowest BCUT2D eigenvalue weighted by atomic mass is 9.97. The zero-order valence-electron chi connectivity index (χ0n) is 16.9. The molecule has 1 saturated heterocycles. The van der Waals surface area contributed by atoms with Crippen molar-refractivity contribution in [2.45, 2.75) is 18.0 Å². The molecule has 1 aromatic carbocycles. The van der Waals surface area contributed by atoms with Gasteiger partial charge in [0.05, 0.1) is 18.8 Å². The van der Waals surface area contributed by atoms with Gasteiger partial charge in [0.25, 0.3) is 0 Å². The maximum atomic E-state index is 12.8.